The molecule has 0 aliphatic heterocycles. The van der Waals surface area contributed by atoms with E-state index in [0.717, 1.165) is 43.9 Å². The van der Waals surface area contributed by atoms with E-state index in [1.165, 1.54) is 68.3 Å². The first-order valence-electron chi connectivity index (χ1n) is 17.8. The average molecular weight is 710 g/mol. The van der Waals surface area contributed by atoms with Crippen LogP contribution in [0.25, 0.3) is 112 Å². The lowest BCUT2D eigenvalue weighted by Crippen LogP contribution is -2.03. The molecule has 12 rings (SSSR count). The molecule has 0 atom stereocenters. The third kappa shape index (κ3) is 4.20. The molecule has 4 aromatic heterocycles. The van der Waals surface area contributed by atoms with Crippen LogP contribution in [0.3, 0.4) is 0 Å². The Hall–Kier alpha value is -6.40. The van der Waals surface area contributed by atoms with Gasteiger partial charge >= 0.3 is 0 Å². The van der Waals surface area contributed by atoms with Crippen LogP contribution in [0.2, 0.25) is 0 Å². The number of rotatable bonds is 3. The maximum absolute atomic E-state index is 5.64. The van der Waals surface area contributed by atoms with E-state index < -0.39 is 0 Å². The van der Waals surface area contributed by atoms with Gasteiger partial charge in [-0.05, 0) is 63.0 Å². The number of fused-ring (bicyclic) bond motifs is 14. The Labute approximate surface area is 311 Å². The number of benzene rings is 8. The highest BCUT2D eigenvalue weighted by molar-refractivity contribution is 7.27. The van der Waals surface area contributed by atoms with Crippen molar-refractivity contribution in [2.45, 2.75) is 0 Å². The van der Waals surface area contributed by atoms with E-state index in [1.807, 2.05) is 11.3 Å². The summed E-state index contributed by atoms with van der Waals surface area (Å²) in [6.07, 6.45) is 0. The lowest BCUT2D eigenvalue weighted by molar-refractivity contribution is 1.09. The van der Waals surface area contributed by atoms with E-state index in [4.69, 9.17) is 9.97 Å². The third-order valence-electron chi connectivity index (χ3n) is 10.8. The van der Waals surface area contributed by atoms with Crippen LogP contribution in [0, 0.1) is 0 Å². The first kappa shape index (κ1) is 29.2. The Bertz CT molecular complexity index is 3460. The molecule has 0 aliphatic rings. The van der Waals surface area contributed by atoms with Crippen molar-refractivity contribution in [2.75, 3.05) is 0 Å². The zero-order valence-electron chi connectivity index (χ0n) is 28.2. The van der Waals surface area contributed by atoms with Crippen LogP contribution in [0.4, 0.5) is 0 Å². The average Bonchev–Trinajstić information content (AvgIpc) is 3.89. The van der Waals surface area contributed by atoms with Gasteiger partial charge in [0.2, 0.25) is 0 Å². The van der Waals surface area contributed by atoms with Crippen LogP contribution in [0.5, 0.6) is 0 Å². The Morgan fingerprint density at radius 1 is 0.434 bits per heavy atom. The summed E-state index contributed by atoms with van der Waals surface area (Å²) < 4.78 is 6.17. The summed E-state index contributed by atoms with van der Waals surface area (Å²) in [6, 6.07) is 59.2. The second-order valence-electron chi connectivity index (χ2n) is 13.7. The lowest BCUT2D eigenvalue weighted by atomic mass is 9.98. The summed E-state index contributed by atoms with van der Waals surface area (Å²) >= 11 is 3.60. The second kappa shape index (κ2) is 11.1. The van der Waals surface area contributed by atoms with Crippen LogP contribution >= 0.6 is 22.7 Å². The molecule has 0 saturated heterocycles. The standard InChI is InChI=1S/C48H27N3S2/c1-2-13-28(14-3-1)29-17-12-18-32(25-29)43-47(50-48-44(49-43)36-22-9-11-24-39(36)53-48)51-38-23-10-8-21-35(38)41-33-19-6-7-20-34(33)42-37-26-30-15-4-5-16-31(30)27-40(37)52-46(42)45(41)51/h1-27H. The van der Waals surface area contributed by atoms with Crippen molar-refractivity contribution >= 4 is 107 Å². The molecule has 246 valence electrons. The molecule has 12 aromatic rings. The zero-order valence-corrected chi connectivity index (χ0v) is 29.9. The monoisotopic (exact) mass is 709 g/mol. The highest BCUT2D eigenvalue weighted by Gasteiger charge is 2.25. The van der Waals surface area contributed by atoms with Gasteiger partial charge in [0, 0.05) is 41.9 Å². The minimum atomic E-state index is 0.847. The summed E-state index contributed by atoms with van der Waals surface area (Å²) in [7, 11) is 0. The molecule has 5 heteroatoms. The van der Waals surface area contributed by atoms with Crippen molar-refractivity contribution in [1.29, 1.82) is 0 Å². The molecule has 0 radical (unpaired) electrons. The van der Waals surface area contributed by atoms with Gasteiger partial charge in [0.25, 0.3) is 0 Å². The Kier molecular flexibility index (Phi) is 6.09. The molecule has 0 fully saturated rings. The zero-order chi connectivity index (χ0) is 34.6. The normalized spacial score (nSPS) is 12.2. The van der Waals surface area contributed by atoms with Gasteiger partial charge in [-0.3, -0.25) is 4.57 Å². The van der Waals surface area contributed by atoms with Crippen LogP contribution < -0.4 is 0 Å². The van der Waals surface area contributed by atoms with Gasteiger partial charge in [0.1, 0.15) is 16.0 Å². The minimum Gasteiger partial charge on any atom is -0.290 e. The first-order valence-corrected chi connectivity index (χ1v) is 19.5. The highest BCUT2D eigenvalue weighted by Crippen LogP contribution is 2.49. The Morgan fingerprint density at radius 3 is 1.94 bits per heavy atom. The summed E-state index contributed by atoms with van der Waals surface area (Å²) in [5.74, 6) is 0.847. The number of para-hydroxylation sites is 1. The number of nitrogens with zero attached hydrogens (tertiary/aromatic N) is 3. The van der Waals surface area contributed by atoms with Crippen molar-refractivity contribution in [3.63, 3.8) is 0 Å². The fourth-order valence-corrected chi connectivity index (χ4v) is 10.7. The number of hydrogen-bond acceptors (Lipinski definition) is 4. The third-order valence-corrected chi connectivity index (χ3v) is 13.0. The summed E-state index contributed by atoms with van der Waals surface area (Å²) in [4.78, 5) is 12.2. The molecule has 0 aliphatic carbocycles. The predicted octanol–water partition coefficient (Wildman–Crippen LogP) is 13.9. The quantitative estimate of drug-likeness (QED) is 0.183. The topological polar surface area (TPSA) is 30.7 Å². The summed E-state index contributed by atoms with van der Waals surface area (Å²) in [5, 5.41) is 11.2. The largest absolute Gasteiger partial charge is 0.290 e. The maximum Gasteiger partial charge on any atom is 0.166 e. The van der Waals surface area contributed by atoms with E-state index in [2.05, 4.69) is 168 Å². The molecule has 0 bridgehead atoms. The lowest BCUT2D eigenvalue weighted by Gasteiger charge is -2.14. The summed E-state index contributed by atoms with van der Waals surface area (Å²) in [6.45, 7) is 0. The van der Waals surface area contributed by atoms with Gasteiger partial charge < -0.3 is 0 Å². The van der Waals surface area contributed by atoms with Gasteiger partial charge in [-0.25, -0.2) is 9.97 Å². The van der Waals surface area contributed by atoms with E-state index in [1.54, 1.807) is 11.3 Å². The number of thiophene rings is 2. The van der Waals surface area contributed by atoms with Crippen LogP contribution in [-0.4, -0.2) is 14.5 Å². The first-order chi connectivity index (χ1) is 26.3. The van der Waals surface area contributed by atoms with Crippen molar-refractivity contribution in [3.05, 3.63) is 164 Å². The van der Waals surface area contributed by atoms with Crippen LogP contribution in [0.15, 0.2) is 164 Å². The fourth-order valence-electron chi connectivity index (χ4n) is 8.42. The van der Waals surface area contributed by atoms with Gasteiger partial charge in [-0.2, -0.15) is 0 Å². The Morgan fingerprint density at radius 2 is 1.09 bits per heavy atom. The van der Waals surface area contributed by atoms with Crippen molar-refractivity contribution < 1.29 is 0 Å². The van der Waals surface area contributed by atoms with E-state index in [9.17, 15) is 0 Å². The molecule has 0 spiro atoms. The minimum absolute atomic E-state index is 0.847. The maximum atomic E-state index is 5.64. The molecule has 0 unspecified atom stereocenters. The smallest absolute Gasteiger partial charge is 0.166 e. The number of hydrogen-bond donors (Lipinski definition) is 0. The van der Waals surface area contributed by atoms with Gasteiger partial charge in [-0.15, -0.1) is 22.7 Å². The molecular formula is C48H27N3S2. The van der Waals surface area contributed by atoms with Crippen LogP contribution in [-0.2, 0) is 0 Å². The fraction of sp³-hybridized carbons (Fsp3) is 0. The van der Waals surface area contributed by atoms with Crippen molar-refractivity contribution in [3.8, 4) is 28.2 Å². The molecule has 3 nitrogen and oxygen atoms in total. The predicted molar refractivity (Wildman–Crippen MR) is 228 cm³/mol. The molecule has 0 amide bonds. The SMILES string of the molecule is c1ccc(-c2cccc(-c3nc4c(nc3-n3c5ccccc5c5c6ccccc6c6c7cc8ccccc8cc7sc6c53)sc3ccccc34)c2)cc1. The molecule has 0 saturated carbocycles. The summed E-state index contributed by atoms with van der Waals surface area (Å²) in [5.41, 5.74) is 7.48. The molecule has 4 heterocycles. The molecule has 0 N–H and O–H groups in total. The molecule has 8 aromatic carbocycles. The number of aromatic nitrogens is 3. The van der Waals surface area contributed by atoms with Gasteiger partial charge in [0.15, 0.2) is 5.82 Å². The Balaban J connectivity index is 1.28. The molecular weight excluding hydrogens is 683 g/mol. The van der Waals surface area contributed by atoms with Gasteiger partial charge in [0.05, 0.1) is 15.7 Å². The highest BCUT2D eigenvalue weighted by atomic mass is 32.1. The van der Waals surface area contributed by atoms with Gasteiger partial charge in [-0.1, -0.05) is 133 Å². The van der Waals surface area contributed by atoms with E-state index >= 15 is 0 Å². The van der Waals surface area contributed by atoms with E-state index in [-0.39, 0.29) is 0 Å². The van der Waals surface area contributed by atoms with E-state index in [0.29, 0.717) is 0 Å². The van der Waals surface area contributed by atoms with Crippen molar-refractivity contribution in [1.82, 2.24) is 14.5 Å². The van der Waals surface area contributed by atoms with Crippen LogP contribution in [0.1, 0.15) is 0 Å². The molecule has 53 heavy (non-hydrogen) atoms. The van der Waals surface area contributed by atoms with Crippen molar-refractivity contribution in [2.24, 2.45) is 0 Å². The second-order valence-corrected chi connectivity index (χ2v) is 15.8.